The number of nitrogens with two attached hydrogens (primary N) is 1. The van der Waals surface area contributed by atoms with Crippen molar-refractivity contribution in [3.8, 4) is 0 Å². The molecule has 0 radical (unpaired) electrons. The second-order valence-corrected chi connectivity index (χ2v) is 6.65. The molecule has 0 saturated heterocycles. The molecule has 0 bridgehead atoms. The standard InChI is InChI=1S/C16H31N/c1-2-7-14-8-6-12-16(17,13-11-14)15-9-4-3-5-10-15/h14-15H,2-13,17H2,1H3. The van der Waals surface area contributed by atoms with Gasteiger partial charge in [-0.05, 0) is 43.9 Å². The molecule has 1 heteroatoms. The van der Waals surface area contributed by atoms with Crippen LogP contribution in [-0.4, -0.2) is 5.54 Å². The molecule has 0 aliphatic heterocycles. The highest BCUT2D eigenvalue weighted by molar-refractivity contribution is 4.94. The van der Waals surface area contributed by atoms with Crippen molar-refractivity contribution in [1.82, 2.24) is 0 Å². The predicted molar refractivity (Wildman–Crippen MR) is 75.0 cm³/mol. The maximum atomic E-state index is 6.79. The molecule has 0 amide bonds. The van der Waals surface area contributed by atoms with E-state index in [0.717, 1.165) is 11.8 Å². The van der Waals surface area contributed by atoms with E-state index in [9.17, 15) is 0 Å². The summed E-state index contributed by atoms with van der Waals surface area (Å²) in [7, 11) is 0. The molecular formula is C16H31N. The molecule has 2 unspecified atom stereocenters. The fourth-order valence-corrected chi connectivity index (χ4v) is 4.24. The summed E-state index contributed by atoms with van der Waals surface area (Å²) >= 11 is 0. The Hall–Kier alpha value is -0.0400. The highest BCUT2D eigenvalue weighted by atomic mass is 14.8. The van der Waals surface area contributed by atoms with Crippen molar-refractivity contribution in [3.63, 3.8) is 0 Å². The number of rotatable bonds is 3. The van der Waals surface area contributed by atoms with Crippen LogP contribution in [0.3, 0.4) is 0 Å². The van der Waals surface area contributed by atoms with Crippen molar-refractivity contribution in [2.75, 3.05) is 0 Å². The molecule has 2 aliphatic carbocycles. The van der Waals surface area contributed by atoms with Gasteiger partial charge in [-0.25, -0.2) is 0 Å². The third kappa shape index (κ3) is 3.47. The molecule has 0 aromatic rings. The zero-order valence-corrected chi connectivity index (χ0v) is 11.7. The van der Waals surface area contributed by atoms with Crippen LogP contribution in [0.4, 0.5) is 0 Å². The summed E-state index contributed by atoms with van der Waals surface area (Å²) < 4.78 is 0. The zero-order chi connectivity index (χ0) is 12.1. The van der Waals surface area contributed by atoms with Crippen LogP contribution in [0.25, 0.3) is 0 Å². The SMILES string of the molecule is CCCC1CCCC(N)(C2CCCCC2)CC1. The van der Waals surface area contributed by atoms with Gasteiger partial charge in [-0.15, -0.1) is 0 Å². The van der Waals surface area contributed by atoms with Crippen LogP contribution < -0.4 is 5.73 Å². The molecule has 2 N–H and O–H groups in total. The lowest BCUT2D eigenvalue weighted by molar-refractivity contribution is 0.181. The first-order valence-electron chi connectivity index (χ1n) is 8.03. The van der Waals surface area contributed by atoms with Gasteiger partial charge >= 0.3 is 0 Å². The first-order valence-corrected chi connectivity index (χ1v) is 8.03. The van der Waals surface area contributed by atoms with Gasteiger partial charge in [-0.1, -0.05) is 51.9 Å². The topological polar surface area (TPSA) is 26.0 Å². The molecule has 2 fully saturated rings. The predicted octanol–water partition coefficient (Wildman–Crippen LogP) is 4.64. The fraction of sp³-hybridized carbons (Fsp3) is 1.00. The average Bonchev–Trinajstić information content (AvgIpc) is 2.55. The Morgan fingerprint density at radius 3 is 2.41 bits per heavy atom. The lowest BCUT2D eigenvalue weighted by atomic mass is 9.71. The molecule has 0 heterocycles. The Balaban J connectivity index is 1.90. The van der Waals surface area contributed by atoms with Crippen LogP contribution in [0.5, 0.6) is 0 Å². The molecule has 2 rings (SSSR count). The summed E-state index contributed by atoms with van der Waals surface area (Å²) in [6, 6.07) is 0. The summed E-state index contributed by atoms with van der Waals surface area (Å²) in [4.78, 5) is 0. The van der Waals surface area contributed by atoms with Crippen molar-refractivity contribution in [3.05, 3.63) is 0 Å². The van der Waals surface area contributed by atoms with Gasteiger partial charge in [0.05, 0.1) is 0 Å². The molecular weight excluding hydrogens is 206 g/mol. The van der Waals surface area contributed by atoms with E-state index < -0.39 is 0 Å². The normalized spacial score (nSPS) is 36.7. The van der Waals surface area contributed by atoms with Crippen molar-refractivity contribution >= 4 is 0 Å². The summed E-state index contributed by atoms with van der Waals surface area (Å²) in [5.74, 6) is 1.82. The van der Waals surface area contributed by atoms with Crippen molar-refractivity contribution in [2.24, 2.45) is 17.6 Å². The van der Waals surface area contributed by atoms with Gasteiger partial charge in [0.2, 0.25) is 0 Å². The molecule has 2 saturated carbocycles. The molecule has 17 heavy (non-hydrogen) atoms. The molecule has 100 valence electrons. The smallest absolute Gasteiger partial charge is 0.0182 e. The quantitative estimate of drug-likeness (QED) is 0.711. The van der Waals surface area contributed by atoms with E-state index in [1.807, 2.05) is 0 Å². The van der Waals surface area contributed by atoms with Gasteiger partial charge < -0.3 is 5.73 Å². The van der Waals surface area contributed by atoms with Gasteiger partial charge in [0.25, 0.3) is 0 Å². The molecule has 0 aromatic carbocycles. The fourth-order valence-electron chi connectivity index (χ4n) is 4.24. The van der Waals surface area contributed by atoms with E-state index in [2.05, 4.69) is 6.92 Å². The minimum absolute atomic E-state index is 0.211. The van der Waals surface area contributed by atoms with Crippen LogP contribution in [0.15, 0.2) is 0 Å². The second kappa shape index (κ2) is 6.22. The van der Waals surface area contributed by atoms with Crippen LogP contribution in [0.1, 0.15) is 84.0 Å². The van der Waals surface area contributed by atoms with E-state index >= 15 is 0 Å². The average molecular weight is 237 g/mol. The van der Waals surface area contributed by atoms with Gasteiger partial charge in [-0.2, -0.15) is 0 Å². The molecule has 0 spiro atoms. The van der Waals surface area contributed by atoms with Crippen LogP contribution in [0, 0.1) is 11.8 Å². The zero-order valence-electron chi connectivity index (χ0n) is 11.7. The van der Waals surface area contributed by atoms with Crippen molar-refractivity contribution < 1.29 is 0 Å². The van der Waals surface area contributed by atoms with E-state index in [1.54, 1.807) is 0 Å². The maximum Gasteiger partial charge on any atom is 0.0182 e. The Kier molecular flexibility index (Phi) is 4.90. The molecule has 2 aliphatic rings. The summed E-state index contributed by atoms with van der Waals surface area (Å²) in [5, 5.41) is 0. The summed E-state index contributed by atoms with van der Waals surface area (Å²) in [6.45, 7) is 2.32. The first kappa shape index (κ1) is 13.4. The van der Waals surface area contributed by atoms with Crippen LogP contribution in [-0.2, 0) is 0 Å². The Bertz CT molecular complexity index is 220. The van der Waals surface area contributed by atoms with Crippen molar-refractivity contribution in [1.29, 1.82) is 0 Å². The third-order valence-corrected chi connectivity index (χ3v) is 5.39. The maximum absolute atomic E-state index is 6.79. The number of hydrogen-bond donors (Lipinski definition) is 1. The van der Waals surface area contributed by atoms with Gasteiger partial charge in [0, 0.05) is 5.54 Å². The molecule has 2 atom stereocenters. The highest BCUT2D eigenvalue weighted by Crippen LogP contribution is 2.41. The monoisotopic (exact) mass is 237 g/mol. The summed E-state index contributed by atoms with van der Waals surface area (Å²) in [6.07, 6.45) is 16.8. The third-order valence-electron chi connectivity index (χ3n) is 5.39. The number of hydrogen-bond acceptors (Lipinski definition) is 1. The van der Waals surface area contributed by atoms with E-state index in [1.165, 1.54) is 77.0 Å². The van der Waals surface area contributed by atoms with E-state index in [4.69, 9.17) is 5.73 Å². The van der Waals surface area contributed by atoms with E-state index in [0.29, 0.717) is 0 Å². The Morgan fingerprint density at radius 2 is 1.71 bits per heavy atom. The largest absolute Gasteiger partial charge is 0.325 e. The lowest BCUT2D eigenvalue weighted by Crippen LogP contribution is -2.47. The van der Waals surface area contributed by atoms with E-state index in [-0.39, 0.29) is 5.54 Å². The second-order valence-electron chi connectivity index (χ2n) is 6.65. The first-order chi connectivity index (χ1) is 8.24. The minimum Gasteiger partial charge on any atom is -0.325 e. The van der Waals surface area contributed by atoms with Gasteiger partial charge in [-0.3, -0.25) is 0 Å². The van der Waals surface area contributed by atoms with Crippen LogP contribution in [0.2, 0.25) is 0 Å². The molecule has 1 nitrogen and oxygen atoms in total. The lowest BCUT2D eigenvalue weighted by Gasteiger charge is -2.39. The van der Waals surface area contributed by atoms with Gasteiger partial charge in [0.1, 0.15) is 0 Å². The Labute approximate surface area is 108 Å². The van der Waals surface area contributed by atoms with Crippen LogP contribution >= 0.6 is 0 Å². The highest BCUT2D eigenvalue weighted by Gasteiger charge is 2.36. The minimum atomic E-state index is 0.211. The van der Waals surface area contributed by atoms with Crippen molar-refractivity contribution in [2.45, 2.75) is 89.5 Å². The summed E-state index contributed by atoms with van der Waals surface area (Å²) in [5.41, 5.74) is 7.00. The Morgan fingerprint density at radius 1 is 0.941 bits per heavy atom. The molecule has 0 aromatic heterocycles. The van der Waals surface area contributed by atoms with Gasteiger partial charge in [0.15, 0.2) is 0 Å².